The fourth-order valence-electron chi connectivity index (χ4n) is 4.64. The first kappa shape index (κ1) is 18.4. The van der Waals surface area contributed by atoms with Crippen LogP contribution in [0.2, 0.25) is 0 Å². The zero-order valence-corrected chi connectivity index (χ0v) is 15.6. The van der Waals surface area contributed by atoms with E-state index in [4.69, 9.17) is 9.26 Å². The fourth-order valence-corrected chi connectivity index (χ4v) is 4.64. The van der Waals surface area contributed by atoms with Crippen molar-refractivity contribution in [2.24, 2.45) is 23.7 Å². The molecule has 1 aromatic heterocycles. The van der Waals surface area contributed by atoms with Gasteiger partial charge in [-0.1, -0.05) is 35.5 Å². The Balaban J connectivity index is 1.40. The number of hydrogen-bond donors (Lipinski definition) is 1. The molecule has 28 heavy (non-hydrogen) atoms. The molecule has 2 bridgehead atoms. The highest BCUT2D eigenvalue weighted by molar-refractivity contribution is 6.01. The molecular weight excluding hydrogens is 360 g/mol. The van der Waals surface area contributed by atoms with E-state index in [1.54, 1.807) is 25.1 Å². The number of esters is 1. The highest BCUT2D eigenvalue weighted by atomic mass is 16.5. The summed E-state index contributed by atoms with van der Waals surface area (Å²) < 4.78 is 10.2. The largest absolute Gasteiger partial charge is 0.455 e. The Kier molecular flexibility index (Phi) is 4.98. The summed E-state index contributed by atoms with van der Waals surface area (Å²) in [7, 11) is 0. The van der Waals surface area contributed by atoms with Crippen LogP contribution in [0.5, 0.6) is 0 Å². The summed E-state index contributed by atoms with van der Waals surface area (Å²) in [6.07, 6.45) is 2.75. The average molecular weight is 382 g/mol. The van der Waals surface area contributed by atoms with E-state index in [0.717, 1.165) is 19.3 Å². The summed E-state index contributed by atoms with van der Waals surface area (Å²) in [5.41, 5.74) is 0.622. The van der Waals surface area contributed by atoms with Crippen LogP contribution in [0.3, 0.4) is 0 Å². The van der Waals surface area contributed by atoms with Crippen molar-refractivity contribution in [3.05, 3.63) is 47.7 Å². The van der Waals surface area contributed by atoms with Crippen molar-refractivity contribution in [1.29, 1.82) is 0 Å². The number of aromatic nitrogens is 1. The third kappa shape index (κ3) is 3.56. The normalized spacial score (nSPS) is 25.5. The van der Waals surface area contributed by atoms with Gasteiger partial charge in [-0.3, -0.25) is 14.4 Å². The van der Waals surface area contributed by atoms with Crippen molar-refractivity contribution in [3.8, 4) is 0 Å². The topological polar surface area (TPSA) is 98.5 Å². The number of aryl methyl sites for hydroxylation is 1. The van der Waals surface area contributed by atoms with Gasteiger partial charge in [0.25, 0.3) is 5.91 Å². The summed E-state index contributed by atoms with van der Waals surface area (Å²) in [6, 6.07) is 10.6. The van der Waals surface area contributed by atoms with Crippen molar-refractivity contribution in [2.45, 2.75) is 26.2 Å². The van der Waals surface area contributed by atoms with Gasteiger partial charge in [-0.15, -0.1) is 0 Å². The van der Waals surface area contributed by atoms with Crippen LogP contribution >= 0.6 is 0 Å². The molecule has 0 spiro atoms. The molecule has 0 radical (unpaired) electrons. The Morgan fingerprint density at radius 1 is 1.14 bits per heavy atom. The standard InChI is InChI=1S/C21H22N2O5/c1-12-9-16(23-28-12)22-17(24)11-27-21(26)19-15-8-7-14(10-15)18(19)20(25)13-5-3-2-4-6-13/h2-6,9,14-15,18-19H,7-8,10-11H2,1H3,(H,22,23,24)/t14-,15-,18+,19+/m1/s1. The average Bonchev–Trinajstić information content (AvgIpc) is 3.42. The SMILES string of the molecule is Cc1cc(NC(=O)COC(=O)[C@H]2[C@@H]3CC[C@H](C3)[C@@H]2C(=O)c2ccccc2)no1. The van der Waals surface area contributed by atoms with E-state index in [9.17, 15) is 14.4 Å². The second-order valence-electron chi connectivity index (χ2n) is 7.59. The number of nitrogens with one attached hydrogen (secondary N) is 1. The van der Waals surface area contributed by atoms with Gasteiger partial charge in [0.05, 0.1) is 5.92 Å². The first-order valence-corrected chi connectivity index (χ1v) is 9.52. The molecule has 0 aliphatic heterocycles. The maximum atomic E-state index is 13.0. The molecule has 1 heterocycles. The smallest absolute Gasteiger partial charge is 0.310 e. The number of nitrogens with zero attached hydrogens (tertiary/aromatic N) is 1. The number of carbonyl (C=O) groups is 3. The van der Waals surface area contributed by atoms with E-state index < -0.39 is 24.4 Å². The molecular formula is C21H22N2O5. The lowest BCUT2D eigenvalue weighted by Crippen LogP contribution is -2.37. The molecule has 7 heteroatoms. The number of rotatable bonds is 6. The van der Waals surface area contributed by atoms with Crippen LogP contribution < -0.4 is 5.32 Å². The van der Waals surface area contributed by atoms with Gasteiger partial charge in [0.1, 0.15) is 5.76 Å². The highest BCUT2D eigenvalue weighted by Gasteiger charge is 2.54. The second-order valence-corrected chi connectivity index (χ2v) is 7.59. The van der Waals surface area contributed by atoms with Crippen molar-refractivity contribution >= 4 is 23.5 Å². The molecule has 2 aromatic rings. The molecule has 4 atom stereocenters. The minimum Gasteiger partial charge on any atom is -0.455 e. The van der Waals surface area contributed by atoms with E-state index in [0.29, 0.717) is 11.3 Å². The molecule has 2 fully saturated rings. The van der Waals surface area contributed by atoms with Crippen LogP contribution in [0.1, 0.15) is 35.4 Å². The number of ether oxygens (including phenoxy) is 1. The van der Waals surface area contributed by atoms with Crippen molar-refractivity contribution in [3.63, 3.8) is 0 Å². The van der Waals surface area contributed by atoms with Gasteiger partial charge >= 0.3 is 5.97 Å². The number of benzene rings is 1. The molecule has 2 saturated carbocycles. The van der Waals surface area contributed by atoms with Gasteiger partial charge in [-0.2, -0.15) is 0 Å². The molecule has 2 aliphatic rings. The van der Waals surface area contributed by atoms with Gasteiger partial charge in [0.15, 0.2) is 18.2 Å². The van der Waals surface area contributed by atoms with E-state index >= 15 is 0 Å². The van der Waals surface area contributed by atoms with E-state index in [2.05, 4.69) is 10.5 Å². The predicted octanol–water partition coefficient (Wildman–Crippen LogP) is 3.01. The Morgan fingerprint density at radius 2 is 1.86 bits per heavy atom. The van der Waals surface area contributed by atoms with Crippen LogP contribution in [0.25, 0.3) is 0 Å². The number of carbonyl (C=O) groups excluding carboxylic acids is 3. The molecule has 2 aliphatic carbocycles. The monoisotopic (exact) mass is 382 g/mol. The molecule has 7 nitrogen and oxygen atoms in total. The van der Waals surface area contributed by atoms with E-state index in [1.807, 2.05) is 18.2 Å². The lowest BCUT2D eigenvalue weighted by Gasteiger charge is -2.28. The van der Waals surface area contributed by atoms with Crippen molar-refractivity contribution in [2.75, 3.05) is 11.9 Å². The fraction of sp³-hybridized carbons (Fsp3) is 0.429. The second kappa shape index (κ2) is 7.58. The van der Waals surface area contributed by atoms with E-state index in [1.165, 1.54) is 0 Å². The molecule has 4 rings (SSSR count). The van der Waals surface area contributed by atoms with Crippen molar-refractivity contribution in [1.82, 2.24) is 5.16 Å². The summed E-state index contributed by atoms with van der Waals surface area (Å²) >= 11 is 0. The third-order valence-corrected chi connectivity index (χ3v) is 5.79. The van der Waals surface area contributed by atoms with Gasteiger partial charge in [-0.25, -0.2) is 0 Å². The maximum absolute atomic E-state index is 13.0. The molecule has 1 N–H and O–H groups in total. The third-order valence-electron chi connectivity index (χ3n) is 5.79. The summed E-state index contributed by atoms with van der Waals surface area (Å²) in [5.74, 6) is -0.602. The van der Waals surface area contributed by atoms with Crippen LogP contribution in [-0.4, -0.2) is 29.4 Å². The van der Waals surface area contributed by atoms with Crippen molar-refractivity contribution < 1.29 is 23.6 Å². The molecule has 1 amide bonds. The van der Waals surface area contributed by atoms with Gasteiger partial charge < -0.3 is 14.6 Å². The quantitative estimate of drug-likeness (QED) is 0.609. The number of hydrogen-bond acceptors (Lipinski definition) is 6. The van der Waals surface area contributed by atoms with Gasteiger partial charge in [0, 0.05) is 17.5 Å². The maximum Gasteiger partial charge on any atom is 0.310 e. The minimum atomic E-state index is -0.490. The van der Waals surface area contributed by atoms with Crippen LogP contribution in [0, 0.1) is 30.6 Å². The lowest BCUT2D eigenvalue weighted by molar-refractivity contribution is -0.154. The van der Waals surface area contributed by atoms with E-state index in [-0.39, 0.29) is 29.4 Å². The summed E-state index contributed by atoms with van der Waals surface area (Å²) in [6.45, 7) is 1.30. The minimum absolute atomic E-state index is 0.00252. The zero-order chi connectivity index (χ0) is 19.7. The predicted molar refractivity (Wildman–Crippen MR) is 99.4 cm³/mol. The summed E-state index contributed by atoms with van der Waals surface area (Å²) in [5, 5.41) is 6.18. The molecule has 1 aromatic carbocycles. The lowest BCUT2D eigenvalue weighted by atomic mass is 9.75. The number of amides is 1. The van der Waals surface area contributed by atoms with Gasteiger partial charge in [-0.05, 0) is 38.0 Å². The number of ketones is 1. The first-order chi connectivity index (χ1) is 13.5. The Hall–Kier alpha value is -2.96. The van der Waals surface area contributed by atoms with Crippen LogP contribution in [0.4, 0.5) is 5.82 Å². The molecule has 0 unspecified atom stereocenters. The van der Waals surface area contributed by atoms with Crippen LogP contribution in [0.15, 0.2) is 40.9 Å². The summed E-state index contributed by atoms with van der Waals surface area (Å²) in [4.78, 5) is 37.8. The number of fused-ring (bicyclic) bond motifs is 2. The van der Waals surface area contributed by atoms with Crippen LogP contribution in [-0.2, 0) is 14.3 Å². The molecule has 146 valence electrons. The first-order valence-electron chi connectivity index (χ1n) is 9.52. The Labute approximate surface area is 162 Å². The zero-order valence-electron chi connectivity index (χ0n) is 15.6. The number of anilines is 1. The Morgan fingerprint density at radius 3 is 2.54 bits per heavy atom. The number of Topliss-reactive ketones (excluding diaryl/α,β-unsaturated/α-hetero) is 1. The van der Waals surface area contributed by atoms with Gasteiger partial charge in [0.2, 0.25) is 0 Å². The highest BCUT2D eigenvalue weighted by Crippen LogP contribution is 2.53. The Bertz CT molecular complexity index is 891. The molecule has 0 saturated heterocycles.